The number of sulfonamides is 1. The minimum atomic E-state index is -3.60. The molecule has 0 aliphatic carbocycles. The Morgan fingerprint density at radius 2 is 1.56 bits per heavy atom. The molecule has 1 aliphatic heterocycles. The Morgan fingerprint density at radius 1 is 0.971 bits per heavy atom. The number of carbonyl (C=O) groups is 2. The summed E-state index contributed by atoms with van der Waals surface area (Å²) in [6, 6.07) is 15.3. The van der Waals surface area contributed by atoms with Crippen molar-refractivity contribution in [3.8, 4) is 0 Å². The summed E-state index contributed by atoms with van der Waals surface area (Å²) in [5, 5.41) is 0. The number of likely N-dealkylation sites (tertiary alicyclic amines) is 1. The van der Waals surface area contributed by atoms with E-state index in [1.165, 1.54) is 16.4 Å². The van der Waals surface area contributed by atoms with E-state index in [1.54, 1.807) is 19.2 Å². The van der Waals surface area contributed by atoms with Crippen LogP contribution in [0.5, 0.6) is 0 Å². The van der Waals surface area contributed by atoms with Crippen LogP contribution in [0.25, 0.3) is 0 Å². The van der Waals surface area contributed by atoms with Crippen LogP contribution in [0.15, 0.2) is 59.5 Å². The van der Waals surface area contributed by atoms with Gasteiger partial charge in [-0.25, -0.2) is 8.42 Å². The number of carbonyl (C=O) groups excluding carboxylic acids is 2. The van der Waals surface area contributed by atoms with Crippen LogP contribution >= 0.6 is 0 Å². The average Bonchev–Trinajstić information content (AvgIpc) is 2.86. The molecule has 34 heavy (non-hydrogen) atoms. The highest BCUT2D eigenvalue weighted by Crippen LogP contribution is 2.23. The van der Waals surface area contributed by atoms with E-state index in [2.05, 4.69) is 0 Å². The number of amides is 2. The quantitative estimate of drug-likeness (QED) is 0.569. The van der Waals surface area contributed by atoms with Crippen molar-refractivity contribution < 1.29 is 18.0 Å². The smallest absolute Gasteiger partial charge is 0.254 e. The summed E-state index contributed by atoms with van der Waals surface area (Å²) in [5.41, 5.74) is 1.16. The Labute approximate surface area is 203 Å². The number of rotatable bonds is 8. The molecular weight excluding hydrogens is 450 g/mol. The van der Waals surface area contributed by atoms with E-state index in [0.717, 1.165) is 19.3 Å². The first-order chi connectivity index (χ1) is 16.2. The van der Waals surface area contributed by atoms with Gasteiger partial charge < -0.3 is 9.80 Å². The second kappa shape index (κ2) is 11.1. The number of hydrogen-bond donors (Lipinski definition) is 0. The van der Waals surface area contributed by atoms with Gasteiger partial charge in [0, 0.05) is 49.9 Å². The maximum absolute atomic E-state index is 13.4. The summed E-state index contributed by atoms with van der Waals surface area (Å²) in [7, 11) is -2.05. The predicted molar refractivity (Wildman–Crippen MR) is 133 cm³/mol. The molecule has 1 fully saturated rings. The van der Waals surface area contributed by atoms with Crippen LogP contribution in [0.1, 0.15) is 60.7 Å². The molecule has 2 aromatic rings. The van der Waals surface area contributed by atoms with Crippen molar-refractivity contribution in [3.05, 3.63) is 65.7 Å². The zero-order chi connectivity index (χ0) is 24.9. The maximum Gasteiger partial charge on any atom is 0.254 e. The predicted octanol–water partition coefficient (Wildman–Crippen LogP) is 3.87. The monoisotopic (exact) mass is 485 g/mol. The molecular formula is C26H35N3O4S. The largest absolute Gasteiger partial charge is 0.338 e. The van der Waals surface area contributed by atoms with Gasteiger partial charge in [-0.2, -0.15) is 4.31 Å². The number of hydrogen-bond acceptors (Lipinski definition) is 4. The third-order valence-corrected chi connectivity index (χ3v) is 8.49. The molecule has 0 spiro atoms. The molecule has 1 heterocycles. The Kier molecular flexibility index (Phi) is 8.49. The fourth-order valence-corrected chi connectivity index (χ4v) is 5.58. The lowest BCUT2D eigenvalue weighted by molar-refractivity contribution is 0.0519. The molecule has 1 saturated heterocycles. The Morgan fingerprint density at radius 3 is 2.09 bits per heavy atom. The fraction of sp³-hybridized carbons (Fsp3) is 0.462. The van der Waals surface area contributed by atoms with Crippen LogP contribution in [-0.2, 0) is 10.0 Å². The highest BCUT2D eigenvalue weighted by Gasteiger charge is 2.30. The van der Waals surface area contributed by atoms with Gasteiger partial charge in [0.15, 0.2) is 0 Å². The second-order valence-electron chi connectivity index (χ2n) is 9.03. The molecule has 2 amide bonds. The summed E-state index contributed by atoms with van der Waals surface area (Å²) >= 11 is 0. The average molecular weight is 486 g/mol. The van der Waals surface area contributed by atoms with Crippen molar-refractivity contribution in [3.63, 3.8) is 0 Å². The summed E-state index contributed by atoms with van der Waals surface area (Å²) in [6.07, 6.45) is 2.26. The van der Waals surface area contributed by atoms with Gasteiger partial charge in [-0.15, -0.1) is 0 Å². The van der Waals surface area contributed by atoms with Gasteiger partial charge >= 0.3 is 0 Å². The van der Waals surface area contributed by atoms with Crippen LogP contribution in [0.3, 0.4) is 0 Å². The first-order valence-corrected chi connectivity index (χ1v) is 13.3. The molecule has 7 nitrogen and oxygen atoms in total. The zero-order valence-electron chi connectivity index (χ0n) is 20.5. The van der Waals surface area contributed by atoms with Crippen LogP contribution in [-0.4, -0.2) is 73.1 Å². The standard InChI is InChI=1S/C26H35N3O4S/c1-5-17-29(23-15-18-28(19-16-23)25(30)21-9-7-6-8-10-21)26(31)22-11-13-24(14-12-22)34(32,33)27(4)20(2)3/h6-14,20,23H,5,15-19H2,1-4H3. The SMILES string of the molecule is CCCN(C(=O)c1ccc(S(=O)(=O)N(C)C(C)C)cc1)C1CCN(C(=O)c2ccccc2)CC1. The summed E-state index contributed by atoms with van der Waals surface area (Å²) < 4.78 is 26.8. The molecule has 0 saturated carbocycles. The lowest BCUT2D eigenvalue weighted by Crippen LogP contribution is -2.49. The van der Waals surface area contributed by atoms with Gasteiger partial charge in [-0.3, -0.25) is 9.59 Å². The zero-order valence-corrected chi connectivity index (χ0v) is 21.3. The van der Waals surface area contributed by atoms with Gasteiger partial charge in [-0.1, -0.05) is 25.1 Å². The van der Waals surface area contributed by atoms with Crippen molar-refractivity contribution in [2.24, 2.45) is 0 Å². The van der Waals surface area contributed by atoms with Crippen LogP contribution < -0.4 is 0 Å². The van der Waals surface area contributed by atoms with E-state index >= 15 is 0 Å². The third kappa shape index (κ3) is 5.67. The molecule has 0 aromatic heterocycles. The van der Waals surface area contributed by atoms with Crippen molar-refractivity contribution in [1.82, 2.24) is 14.1 Å². The fourth-order valence-electron chi connectivity index (χ4n) is 4.21. The molecule has 1 aliphatic rings. The maximum atomic E-state index is 13.4. The van der Waals surface area contributed by atoms with Gasteiger partial charge in [-0.05, 0) is 69.5 Å². The Balaban J connectivity index is 1.70. The van der Waals surface area contributed by atoms with E-state index in [-0.39, 0.29) is 28.8 Å². The van der Waals surface area contributed by atoms with E-state index in [9.17, 15) is 18.0 Å². The first kappa shape index (κ1) is 25.9. The topological polar surface area (TPSA) is 78.0 Å². The van der Waals surface area contributed by atoms with Crippen molar-refractivity contribution in [2.75, 3.05) is 26.7 Å². The molecule has 2 aromatic carbocycles. The second-order valence-corrected chi connectivity index (χ2v) is 11.0. The van der Waals surface area contributed by atoms with E-state index in [4.69, 9.17) is 0 Å². The molecule has 0 bridgehead atoms. The summed E-state index contributed by atoms with van der Waals surface area (Å²) in [5.74, 6) is -0.0774. The summed E-state index contributed by atoms with van der Waals surface area (Å²) in [4.78, 5) is 30.0. The van der Waals surface area contributed by atoms with Crippen LogP contribution in [0, 0.1) is 0 Å². The third-order valence-electron chi connectivity index (χ3n) is 6.44. The minimum Gasteiger partial charge on any atom is -0.338 e. The van der Waals surface area contributed by atoms with E-state index in [1.807, 2.05) is 60.9 Å². The van der Waals surface area contributed by atoms with Gasteiger partial charge in [0.1, 0.15) is 0 Å². The first-order valence-electron chi connectivity index (χ1n) is 11.9. The molecule has 0 atom stereocenters. The van der Waals surface area contributed by atoms with Crippen molar-refractivity contribution >= 4 is 21.8 Å². The Hall–Kier alpha value is -2.71. The van der Waals surface area contributed by atoms with Crippen LogP contribution in [0.4, 0.5) is 0 Å². The van der Waals surface area contributed by atoms with Crippen molar-refractivity contribution in [1.29, 1.82) is 0 Å². The lowest BCUT2D eigenvalue weighted by Gasteiger charge is -2.38. The van der Waals surface area contributed by atoms with Gasteiger partial charge in [0.25, 0.3) is 11.8 Å². The minimum absolute atomic E-state index is 0.0237. The highest BCUT2D eigenvalue weighted by molar-refractivity contribution is 7.89. The van der Waals surface area contributed by atoms with E-state index in [0.29, 0.717) is 30.8 Å². The van der Waals surface area contributed by atoms with E-state index < -0.39 is 10.0 Å². The van der Waals surface area contributed by atoms with Crippen molar-refractivity contribution in [2.45, 2.75) is 57.0 Å². The Bertz CT molecular complexity index is 1080. The lowest BCUT2D eigenvalue weighted by atomic mass is 10.0. The molecule has 0 N–H and O–H groups in total. The number of nitrogens with zero attached hydrogens (tertiary/aromatic N) is 3. The highest BCUT2D eigenvalue weighted by atomic mass is 32.2. The number of piperidine rings is 1. The van der Waals surface area contributed by atoms with Crippen LogP contribution in [0.2, 0.25) is 0 Å². The van der Waals surface area contributed by atoms with Gasteiger partial charge in [0.05, 0.1) is 4.90 Å². The normalized spacial score (nSPS) is 15.1. The molecule has 8 heteroatoms. The molecule has 0 radical (unpaired) electrons. The molecule has 0 unspecified atom stereocenters. The molecule has 3 rings (SSSR count). The molecule has 184 valence electrons. The number of benzene rings is 2. The summed E-state index contributed by atoms with van der Waals surface area (Å²) in [6.45, 7) is 7.49. The van der Waals surface area contributed by atoms with Gasteiger partial charge in [0.2, 0.25) is 10.0 Å².